The molecule has 0 aromatic carbocycles. The Balaban J connectivity index is 1.61. The number of aromatic nitrogens is 2. The number of rotatable bonds is 6. The predicted molar refractivity (Wildman–Crippen MR) is 111 cm³/mol. The highest BCUT2D eigenvalue weighted by Crippen LogP contribution is 2.24. The smallest absolute Gasteiger partial charge is 0.170 e. The van der Waals surface area contributed by atoms with E-state index in [4.69, 9.17) is 9.98 Å². The number of carbonyl (C=O) groups is 2. The number of hydrogen-bond donors (Lipinski definition) is 0. The maximum absolute atomic E-state index is 12.7. The molecule has 0 saturated heterocycles. The molecule has 2 aliphatic rings. The van der Waals surface area contributed by atoms with Crippen molar-refractivity contribution in [1.29, 1.82) is 0 Å². The Bertz CT molecular complexity index is 1050. The third kappa shape index (κ3) is 4.32. The van der Waals surface area contributed by atoms with Crippen molar-refractivity contribution in [3.05, 3.63) is 84.1 Å². The summed E-state index contributed by atoms with van der Waals surface area (Å²) in [5.74, 6) is 0.0837. The van der Waals surface area contributed by atoms with Crippen LogP contribution >= 0.6 is 0 Å². The van der Waals surface area contributed by atoms with Crippen LogP contribution in [0.1, 0.15) is 40.5 Å². The standard InChI is InChI=1S/C23H20N4O2/c1-15-6-7-18-19(10-15)27-21(12-23(29)17-5-3-9-25-14-17)20(26-18)11-22(28)16-4-2-8-24-13-16/h2-10,13-15,20H,11-12H2,1H3. The van der Waals surface area contributed by atoms with Crippen molar-refractivity contribution in [2.75, 3.05) is 0 Å². The van der Waals surface area contributed by atoms with Crippen molar-refractivity contribution in [1.82, 2.24) is 9.97 Å². The van der Waals surface area contributed by atoms with E-state index in [2.05, 4.69) is 16.9 Å². The van der Waals surface area contributed by atoms with Crippen LogP contribution in [0.3, 0.4) is 0 Å². The van der Waals surface area contributed by atoms with Gasteiger partial charge in [-0.05, 0) is 42.3 Å². The third-order valence-corrected chi connectivity index (χ3v) is 4.87. The molecule has 2 atom stereocenters. The SMILES string of the molecule is CC1C=CC2=NC(CC(=O)c3cccnc3)C(CC(=O)c3cccnc3)=NC2=C1. The van der Waals surface area contributed by atoms with Gasteiger partial charge in [-0.3, -0.25) is 29.5 Å². The number of carbonyl (C=O) groups excluding carboxylic acids is 2. The van der Waals surface area contributed by atoms with Gasteiger partial charge < -0.3 is 0 Å². The summed E-state index contributed by atoms with van der Waals surface area (Å²) < 4.78 is 0. The highest BCUT2D eigenvalue weighted by molar-refractivity contribution is 6.19. The summed E-state index contributed by atoms with van der Waals surface area (Å²) in [6, 6.07) is 6.44. The van der Waals surface area contributed by atoms with E-state index in [0.29, 0.717) is 16.8 Å². The highest BCUT2D eigenvalue weighted by Gasteiger charge is 2.28. The van der Waals surface area contributed by atoms with Crippen LogP contribution in [-0.4, -0.2) is 39.0 Å². The summed E-state index contributed by atoms with van der Waals surface area (Å²) in [7, 11) is 0. The van der Waals surface area contributed by atoms with Gasteiger partial charge in [0.1, 0.15) is 0 Å². The summed E-state index contributed by atoms with van der Waals surface area (Å²) in [5.41, 5.74) is 3.17. The second-order valence-electron chi connectivity index (χ2n) is 7.11. The third-order valence-electron chi connectivity index (χ3n) is 4.87. The lowest BCUT2D eigenvalue weighted by atomic mass is 9.93. The van der Waals surface area contributed by atoms with Crippen LogP contribution in [0.25, 0.3) is 0 Å². The lowest BCUT2D eigenvalue weighted by Gasteiger charge is -2.24. The second kappa shape index (κ2) is 8.22. The second-order valence-corrected chi connectivity index (χ2v) is 7.11. The molecule has 2 aromatic heterocycles. The number of nitrogens with zero attached hydrogens (tertiary/aromatic N) is 4. The number of allylic oxidation sites excluding steroid dienone is 3. The average Bonchev–Trinajstić information content (AvgIpc) is 2.75. The summed E-state index contributed by atoms with van der Waals surface area (Å²) in [6.07, 6.45) is 12.6. The molecule has 0 N–H and O–H groups in total. The monoisotopic (exact) mass is 384 g/mol. The van der Waals surface area contributed by atoms with Gasteiger partial charge in [-0.25, -0.2) is 0 Å². The van der Waals surface area contributed by atoms with Crippen molar-refractivity contribution in [3.63, 3.8) is 0 Å². The molecule has 2 unspecified atom stereocenters. The molecule has 6 nitrogen and oxygen atoms in total. The van der Waals surface area contributed by atoms with Gasteiger partial charge in [0.05, 0.1) is 29.6 Å². The van der Waals surface area contributed by atoms with Crippen LogP contribution in [0.5, 0.6) is 0 Å². The van der Waals surface area contributed by atoms with Gasteiger partial charge in [0.15, 0.2) is 11.6 Å². The van der Waals surface area contributed by atoms with Crippen molar-refractivity contribution >= 4 is 23.0 Å². The van der Waals surface area contributed by atoms with Gasteiger partial charge >= 0.3 is 0 Å². The molecular weight excluding hydrogens is 364 g/mol. The summed E-state index contributed by atoms with van der Waals surface area (Å²) >= 11 is 0. The number of ketones is 2. The van der Waals surface area contributed by atoms with Crippen molar-refractivity contribution in [2.45, 2.75) is 25.8 Å². The molecular formula is C23H20N4O2. The maximum Gasteiger partial charge on any atom is 0.170 e. The molecule has 0 fully saturated rings. The Hall–Kier alpha value is -3.54. The van der Waals surface area contributed by atoms with Crippen LogP contribution < -0.4 is 0 Å². The summed E-state index contributed by atoms with van der Waals surface area (Å²) in [6.45, 7) is 2.06. The Morgan fingerprint density at radius 3 is 2.34 bits per heavy atom. The Morgan fingerprint density at radius 1 is 1.00 bits per heavy atom. The zero-order valence-corrected chi connectivity index (χ0v) is 16.0. The fourth-order valence-corrected chi connectivity index (χ4v) is 3.33. The lowest BCUT2D eigenvalue weighted by molar-refractivity contribution is 0.0971. The molecule has 144 valence electrons. The van der Waals surface area contributed by atoms with Gasteiger partial charge in [0.25, 0.3) is 0 Å². The topological polar surface area (TPSA) is 84.6 Å². The number of pyridine rings is 2. The minimum atomic E-state index is -0.478. The molecule has 0 spiro atoms. The molecule has 3 heterocycles. The lowest BCUT2D eigenvalue weighted by Crippen LogP contribution is -2.30. The van der Waals surface area contributed by atoms with E-state index >= 15 is 0 Å². The van der Waals surface area contributed by atoms with E-state index in [0.717, 1.165) is 11.4 Å². The summed E-state index contributed by atoms with van der Waals surface area (Å²) in [5, 5.41) is 0. The molecule has 29 heavy (non-hydrogen) atoms. The molecule has 1 aliphatic carbocycles. The minimum Gasteiger partial charge on any atom is -0.294 e. The fraction of sp³-hybridized carbons (Fsp3) is 0.217. The first-order chi connectivity index (χ1) is 14.1. The van der Waals surface area contributed by atoms with Crippen LogP contribution in [0.2, 0.25) is 0 Å². The molecule has 2 aromatic rings. The fourth-order valence-electron chi connectivity index (χ4n) is 3.33. The Labute approximate surface area is 168 Å². The number of aliphatic imine (C=N–C) groups is 2. The van der Waals surface area contributed by atoms with Gasteiger partial charge in [0, 0.05) is 42.3 Å². The Kier molecular flexibility index (Phi) is 5.33. The first kappa shape index (κ1) is 18.8. The first-order valence-corrected chi connectivity index (χ1v) is 9.52. The van der Waals surface area contributed by atoms with Crippen molar-refractivity contribution in [3.8, 4) is 0 Å². The summed E-state index contributed by atoms with van der Waals surface area (Å²) in [4.78, 5) is 43.0. The number of hydrogen-bond acceptors (Lipinski definition) is 6. The van der Waals surface area contributed by atoms with Crippen molar-refractivity contribution < 1.29 is 9.59 Å². The van der Waals surface area contributed by atoms with Crippen LogP contribution in [0.4, 0.5) is 0 Å². The van der Waals surface area contributed by atoms with Crippen LogP contribution in [0.15, 0.2) is 83.0 Å². The van der Waals surface area contributed by atoms with Crippen molar-refractivity contribution in [2.24, 2.45) is 15.9 Å². The van der Waals surface area contributed by atoms with Crippen LogP contribution in [0, 0.1) is 5.92 Å². The van der Waals surface area contributed by atoms with Crippen LogP contribution in [-0.2, 0) is 0 Å². The van der Waals surface area contributed by atoms with E-state index in [1.807, 2.05) is 18.2 Å². The highest BCUT2D eigenvalue weighted by atomic mass is 16.1. The Morgan fingerprint density at radius 2 is 1.69 bits per heavy atom. The normalized spacial score (nSPS) is 20.2. The molecule has 0 radical (unpaired) electrons. The van der Waals surface area contributed by atoms with E-state index < -0.39 is 6.04 Å². The number of Topliss-reactive ketones (excluding diaryl/α,β-unsaturated/α-hetero) is 2. The first-order valence-electron chi connectivity index (χ1n) is 9.52. The predicted octanol–water partition coefficient (Wildman–Crippen LogP) is 3.68. The van der Waals surface area contributed by atoms with Gasteiger partial charge in [-0.2, -0.15) is 0 Å². The zero-order valence-electron chi connectivity index (χ0n) is 16.0. The van der Waals surface area contributed by atoms with E-state index in [-0.39, 0.29) is 30.3 Å². The molecule has 0 saturated carbocycles. The molecule has 0 amide bonds. The maximum atomic E-state index is 12.7. The van der Waals surface area contributed by atoms with E-state index in [9.17, 15) is 9.59 Å². The van der Waals surface area contributed by atoms with E-state index in [1.165, 1.54) is 0 Å². The van der Waals surface area contributed by atoms with Gasteiger partial charge in [0.2, 0.25) is 0 Å². The van der Waals surface area contributed by atoms with E-state index in [1.54, 1.807) is 49.1 Å². The molecule has 0 bridgehead atoms. The van der Waals surface area contributed by atoms with Gasteiger partial charge in [-0.15, -0.1) is 0 Å². The molecule has 4 rings (SSSR count). The zero-order chi connectivity index (χ0) is 20.2. The molecule has 1 aliphatic heterocycles. The number of fused-ring (bicyclic) bond motifs is 1. The quantitative estimate of drug-likeness (QED) is 0.711. The van der Waals surface area contributed by atoms with Gasteiger partial charge in [-0.1, -0.05) is 13.0 Å². The molecule has 6 heteroatoms. The largest absolute Gasteiger partial charge is 0.294 e. The average molecular weight is 384 g/mol. The minimum absolute atomic E-state index is 0.0745.